The zero-order chi connectivity index (χ0) is 16.1. The fourth-order valence-electron chi connectivity index (χ4n) is 2.48. The molecule has 0 unspecified atom stereocenters. The number of methoxy groups -OCH3 is 1. The van der Waals surface area contributed by atoms with E-state index in [9.17, 15) is 4.79 Å². The van der Waals surface area contributed by atoms with Crippen LogP contribution in [0, 0.1) is 17.2 Å². The summed E-state index contributed by atoms with van der Waals surface area (Å²) < 4.78 is 7.15. The van der Waals surface area contributed by atoms with Crippen LogP contribution in [0.4, 0.5) is 0 Å². The summed E-state index contributed by atoms with van der Waals surface area (Å²) in [5, 5.41) is 8.87. The van der Waals surface area contributed by atoms with Gasteiger partial charge in [-0.05, 0) is 24.1 Å². The van der Waals surface area contributed by atoms with Gasteiger partial charge in [0.1, 0.15) is 5.75 Å². The van der Waals surface area contributed by atoms with Gasteiger partial charge in [-0.1, -0.05) is 32.0 Å². The largest absolute Gasteiger partial charge is 0.496 e. The molecule has 0 fully saturated rings. The third-order valence-electron chi connectivity index (χ3n) is 3.45. The molecular weight excluding hydrogens is 276 g/mol. The summed E-state index contributed by atoms with van der Waals surface area (Å²) in [6.07, 6.45) is 0.128. The van der Waals surface area contributed by atoms with Crippen LogP contribution in [0.1, 0.15) is 19.4 Å². The van der Waals surface area contributed by atoms with Crippen LogP contribution in [0.5, 0.6) is 5.75 Å². The lowest BCUT2D eigenvalue weighted by Crippen LogP contribution is -2.27. The predicted octanol–water partition coefficient (Wildman–Crippen LogP) is 3.25. The standard InChI is InChI=1S/C18H20N2O2/c1-13(2)12-20-16(9-8-14(10-11-19)18(20)21)15-6-4-5-7-17(15)22-3/h4-9,13H,10,12H2,1-3H3. The Bertz CT molecular complexity index is 754. The Kier molecular flexibility index (Phi) is 5.00. The molecule has 2 rings (SSSR count). The smallest absolute Gasteiger partial charge is 0.255 e. The molecule has 4 nitrogen and oxygen atoms in total. The first kappa shape index (κ1) is 15.8. The van der Waals surface area contributed by atoms with Gasteiger partial charge in [-0.2, -0.15) is 5.26 Å². The zero-order valence-corrected chi connectivity index (χ0v) is 13.2. The molecule has 114 valence electrons. The summed E-state index contributed by atoms with van der Waals surface area (Å²) in [7, 11) is 1.62. The van der Waals surface area contributed by atoms with Gasteiger partial charge >= 0.3 is 0 Å². The third-order valence-corrected chi connectivity index (χ3v) is 3.45. The number of hydrogen-bond donors (Lipinski definition) is 0. The highest BCUT2D eigenvalue weighted by molar-refractivity contribution is 5.67. The molecule has 0 spiro atoms. The molecular formula is C18H20N2O2. The van der Waals surface area contributed by atoms with Gasteiger partial charge in [0, 0.05) is 17.7 Å². The van der Waals surface area contributed by atoms with Crippen molar-refractivity contribution in [3.8, 4) is 23.1 Å². The van der Waals surface area contributed by atoms with Gasteiger partial charge in [0.05, 0.1) is 25.3 Å². The molecule has 2 aromatic rings. The van der Waals surface area contributed by atoms with Gasteiger partial charge in [-0.25, -0.2) is 0 Å². The van der Waals surface area contributed by atoms with Crippen LogP contribution >= 0.6 is 0 Å². The number of aromatic nitrogens is 1. The van der Waals surface area contributed by atoms with Gasteiger partial charge in [-0.15, -0.1) is 0 Å². The van der Waals surface area contributed by atoms with Crippen molar-refractivity contribution in [2.45, 2.75) is 26.8 Å². The molecule has 0 saturated heterocycles. The monoisotopic (exact) mass is 296 g/mol. The average molecular weight is 296 g/mol. The Balaban J connectivity index is 2.68. The van der Waals surface area contributed by atoms with Crippen LogP contribution < -0.4 is 10.3 Å². The number of para-hydroxylation sites is 1. The zero-order valence-electron chi connectivity index (χ0n) is 13.2. The quantitative estimate of drug-likeness (QED) is 0.851. The maximum atomic E-state index is 12.7. The van der Waals surface area contributed by atoms with Crippen molar-refractivity contribution >= 4 is 0 Å². The van der Waals surface area contributed by atoms with Crippen LogP contribution in [-0.4, -0.2) is 11.7 Å². The lowest BCUT2D eigenvalue weighted by Gasteiger charge is -2.18. The second-order valence-electron chi connectivity index (χ2n) is 5.59. The SMILES string of the molecule is COc1ccccc1-c1ccc(CC#N)c(=O)n1CC(C)C. The first-order valence-electron chi connectivity index (χ1n) is 7.31. The third kappa shape index (κ3) is 3.20. The summed E-state index contributed by atoms with van der Waals surface area (Å²) in [4.78, 5) is 12.7. The van der Waals surface area contributed by atoms with Crippen molar-refractivity contribution in [3.63, 3.8) is 0 Å². The molecule has 0 aliphatic rings. The summed E-state index contributed by atoms with van der Waals surface area (Å²) in [5.74, 6) is 1.05. The van der Waals surface area contributed by atoms with E-state index in [1.54, 1.807) is 17.7 Å². The van der Waals surface area contributed by atoms with Crippen LogP contribution in [-0.2, 0) is 13.0 Å². The molecule has 1 heterocycles. The number of rotatable bonds is 5. The van der Waals surface area contributed by atoms with E-state index in [0.717, 1.165) is 17.0 Å². The fourth-order valence-corrected chi connectivity index (χ4v) is 2.48. The normalized spacial score (nSPS) is 10.5. The summed E-state index contributed by atoms with van der Waals surface area (Å²) in [6, 6.07) is 13.3. The summed E-state index contributed by atoms with van der Waals surface area (Å²) in [5.41, 5.74) is 2.13. The van der Waals surface area contributed by atoms with Crippen molar-refractivity contribution < 1.29 is 4.74 Å². The number of nitriles is 1. The van der Waals surface area contributed by atoms with Gasteiger partial charge in [0.25, 0.3) is 5.56 Å². The van der Waals surface area contributed by atoms with E-state index in [-0.39, 0.29) is 12.0 Å². The highest BCUT2D eigenvalue weighted by Crippen LogP contribution is 2.29. The minimum Gasteiger partial charge on any atom is -0.496 e. The minimum atomic E-state index is -0.0985. The molecule has 1 aromatic heterocycles. The molecule has 0 aliphatic heterocycles. The number of ether oxygens (including phenoxy) is 1. The maximum Gasteiger partial charge on any atom is 0.255 e. The minimum absolute atomic E-state index is 0.0985. The highest BCUT2D eigenvalue weighted by atomic mass is 16.5. The van der Waals surface area contributed by atoms with Gasteiger partial charge in [0.2, 0.25) is 0 Å². The molecule has 0 saturated carbocycles. The molecule has 22 heavy (non-hydrogen) atoms. The van der Waals surface area contributed by atoms with E-state index in [1.807, 2.05) is 36.4 Å². The molecule has 1 aromatic carbocycles. The lowest BCUT2D eigenvalue weighted by atomic mass is 10.1. The van der Waals surface area contributed by atoms with E-state index < -0.39 is 0 Å². The Morgan fingerprint density at radius 1 is 1.23 bits per heavy atom. The van der Waals surface area contributed by atoms with Crippen molar-refractivity contribution in [2.75, 3.05) is 7.11 Å². The molecule has 0 atom stereocenters. The van der Waals surface area contributed by atoms with Crippen LogP contribution in [0.25, 0.3) is 11.3 Å². The van der Waals surface area contributed by atoms with E-state index in [2.05, 4.69) is 13.8 Å². The van der Waals surface area contributed by atoms with E-state index >= 15 is 0 Å². The fraction of sp³-hybridized carbons (Fsp3) is 0.333. The lowest BCUT2D eigenvalue weighted by molar-refractivity contribution is 0.415. The number of nitrogens with zero attached hydrogens (tertiary/aromatic N) is 2. The molecule has 0 N–H and O–H groups in total. The maximum absolute atomic E-state index is 12.7. The Morgan fingerprint density at radius 3 is 2.59 bits per heavy atom. The van der Waals surface area contributed by atoms with Crippen LogP contribution in [0.3, 0.4) is 0 Å². The molecule has 0 aliphatic carbocycles. The van der Waals surface area contributed by atoms with Crippen LogP contribution in [0.2, 0.25) is 0 Å². The molecule has 0 amide bonds. The van der Waals surface area contributed by atoms with Gasteiger partial charge in [-0.3, -0.25) is 4.79 Å². The highest BCUT2D eigenvalue weighted by Gasteiger charge is 2.14. The van der Waals surface area contributed by atoms with E-state index in [1.165, 1.54) is 0 Å². The molecule has 0 radical (unpaired) electrons. The first-order valence-corrected chi connectivity index (χ1v) is 7.31. The van der Waals surface area contributed by atoms with Crippen molar-refractivity contribution in [1.82, 2.24) is 4.57 Å². The van der Waals surface area contributed by atoms with Gasteiger partial charge < -0.3 is 9.30 Å². The van der Waals surface area contributed by atoms with Crippen molar-refractivity contribution in [1.29, 1.82) is 5.26 Å². The Hall–Kier alpha value is -2.54. The first-order chi connectivity index (χ1) is 10.6. The molecule has 0 bridgehead atoms. The Labute approximate surface area is 130 Å². The topological polar surface area (TPSA) is 55.0 Å². The number of pyridine rings is 1. The second-order valence-corrected chi connectivity index (χ2v) is 5.59. The van der Waals surface area contributed by atoms with Crippen molar-refractivity contribution in [2.24, 2.45) is 5.92 Å². The summed E-state index contributed by atoms with van der Waals surface area (Å²) in [6.45, 7) is 4.73. The van der Waals surface area contributed by atoms with Crippen molar-refractivity contribution in [3.05, 3.63) is 52.3 Å². The van der Waals surface area contributed by atoms with Gasteiger partial charge in [0.15, 0.2) is 0 Å². The van der Waals surface area contributed by atoms with E-state index in [4.69, 9.17) is 10.00 Å². The second kappa shape index (κ2) is 6.95. The Morgan fingerprint density at radius 2 is 1.95 bits per heavy atom. The number of hydrogen-bond acceptors (Lipinski definition) is 3. The number of benzene rings is 1. The average Bonchev–Trinajstić information content (AvgIpc) is 2.51. The van der Waals surface area contributed by atoms with Crippen LogP contribution in [0.15, 0.2) is 41.2 Å². The van der Waals surface area contributed by atoms with E-state index in [0.29, 0.717) is 18.0 Å². The summed E-state index contributed by atoms with van der Waals surface area (Å²) >= 11 is 0. The predicted molar refractivity (Wildman–Crippen MR) is 86.8 cm³/mol. The molecule has 4 heteroatoms.